The number of hydrogen-bond donors (Lipinski definition) is 0. The smallest absolute Gasteiger partial charge is 0.225 e. The van der Waals surface area contributed by atoms with Crippen molar-refractivity contribution < 1.29 is 9.59 Å². The number of Topliss-reactive ketones (excluding diaryl/α,β-unsaturated/α-hetero) is 2. The maximum absolute atomic E-state index is 12.0. The van der Waals surface area contributed by atoms with Crippen LogP contribution in [0, 0.1) is 0 Å². The van der Waals surface area contributed by atoms with Gasteiger partial charge in [0, 0.05) is 20.3 Å². The number of carbonyl (C=O) groups excluding carboxylic acids is 2. The fraction of sp³-hybridized carbons (Fsp3) is 0.182. The molecule has 2 rings (SSSR count). The molecular weight excluding hydrogens is 228 g/mol. The molecule has 0 N–H and O–H groups in total. The molecule has 0 aliphatic heterocycles. The van der Waals surface area contributed by atoms with Crippen LogP contribution in [0.1, 0.15) is 20.8 Å². The van der Waals surface area contributed by atoms with Crippen LogP contribution in [-0.2, 0) is 0 Å². The summed E-state index contributed by atoms with van der Waals surface area (Å²) < 4.78 is 0. The summed E-state index contributed by atoms with van der Waals surface area (Å²) in [5.41, 5.74) is 0.649. The SMILES string of the molecule is CN(C)C1=C(Cl)C(=O)c2ncccc2C1=O. The Labute approximate surface area is 97.5 Å². The molecule has 1 aromatic heterocycles. The zero-order valence-corrected chi connectivity index (χ0v) is 9.58. The van der Waals surface area contributed by atoms with E-state index < -0.39 is 5.78 Å². The van der Waals surface area contributed by atoms with Gasteiger partial charge in [-0.3, -0.25) is 14.6 Å². The van der Waals surface area contributed by atoms with Crippen molar-refractivity contribution in [3.05, 3.63) is 40.3 Å². The number of likely N-dealkylation sites (N-methyl/N-ethyl adjacent to an activating group) is 1. The van der Waals surface area contributed by atoms with Crippen LogP contribution in [0.3, 0.4) is 0 Å². The van der Waals surface area contributed by atoms with Crippen molar-refractivity contribution in [1.82, 2.24) is 9.88 Å². The lowest BCUT2D eigenvalue weighted by Gasteiger charge is -2.22. The minimum Gasteiger partial charge on any atom is -0.373 e. The van der Waals surface area contributed by atoms with Gasteiger partial charge in [-0.15, -0.1) is 0 Å². The van der Waals surface area contributed by atoms with Gasteiger partial charge in [0.1, 0.15) is 16.4 Å². The predicted molar refractivity (Wildman–Crippen MR) is 59.5 cm³/mol. The van der Waals surface area contributed by atoms with Crippen LogP contribution in [0.5, 0.6) is 0 Å². The van der Waals surface area contributed by atoms with Crippen LogP contribution >= 0.6 is 11.6 Å². The number of pyridine rings is 1. The molecule has 0 fully saturated rings. The van der Waals surface area contributed by atoms with Gasteiger partial charge in [0.15, 0.2) is 0 Å². The summed E-state index contributed by atoms with van der Waals surface area (Å²) in [6.07, 6.45) is 1.47. The van der Waals surface area contributed by atoms with Crippen LogP contribution in [0.25, 0.3) is 0 Å². The number of aromatic nitrogens is 1. The number of halogens is 1. The number of hydrogen-bond acceptors (Lipinski definition) is 4. The van der Waals surface area contributed by atoms with Gasteiger partial charge in [-0.05, 0) is 12.1 Å². The molecule has 1 heterocycles. The Morgan fingerprint density at radius 2 is 1.94 bits per heavy atom. The summed E-state index contributed by atoms with van der Waals surface area (Å²) >= 11 is 5.88. The normalized spacial score (nSPS) is 15.2. The number of ketones is 2. The molecule has 0 spiro atoms. The maximum atomic E-state index is 12.0. The highest BCUT2D eigenvalue weighted by atomic mass is 35.5. The van der Waals surface area contributed by atoms with Gasteiger partial charge in [-0.2, -0.15) is 0 Å². The van der Waals surface area contributed by atoms with Crippen molar-refractivity contribution in [1.29, 1.82) is 0 Å². The van der Waals surface area contributed by atoms with E-state index in [1.165, 1.54) is 6.20 Å². The van der Waals surface area contributed by atoms with E-state index in [9.17, 15) is 9.59 Å². The van der Waals surface area contributed by atoms with E-state index in [0.29, 0.717) is 5.56 Å². The Bertz CT molecular complexity index is 520. The number of allylic oxidation sites excluding steroid dienone is 2. The number of nitrogens with zero attached hydrogens (tertiary/aromatic N) is 2. The molecule has 0 aromatic carbocycles. The average Bonchev–Trinajstić information content (AvgIpc) is 2.26. The molecule has 82 valence electrons. The summed E-state index contributed by atoms with van der Waals surface area (Å²) in [7, 11) is 3.34. The first-order chi connectivity index (χ1) is 7.54. The molecule has 4 nitrogen and oxygen atoms in total. The van der Waals surface area contributed by atoms with Crippen LogP contribution < -0.4 is 0 Å². The second-order valence-corrected chi connectivity index (χ2v) is 3.99. The summed E-state index contributed by atoms with van der Waals surface area (Å²) in [6.45, 7) is 0. The van der Waals surface area contributed by atoms with Gasteiger partial charge in [0.05, 0.1) is 5.56 Å². The van der Waals surface area contributed by atoms with E-state index in [1.807, 2.05) is 0 Å². The zero-order chi connectivity index (χ0) is 11.9. The lowest BCUT2D eigenvalue weighted by Crippen LogP contribution is -2.29. The van der Waals surface area contributed by atoms with E-state index in [2.05, 4.69) is 4.98 Å². The van der Waals surface area contributed by atoms with Crippen LogP contribution in [0.2, 0.25) is 0 Å². The van der Waals surface area contributed by atoms with E-state index in [1.54, 1.807) is 31.1 Å². The molecule has 16 heavy (non-hydrogen) atoms. The Hall–Kier alpha value is -1.68. The van der Waals surface area contributed by atoms with Crippen molar-refractivity contribution in [2.24, 2.45) is 0 Å². The third kappa shape index (κ3) is 1.42. The number of fused-ring (bicyclic) bond motifs is 1. The first-order valence-corrected chi connectivity index (χ1v) is 5.03. The molecule has 0 bridgehead atoms. The van der Waals surface area contributed by atoms with Crippen LogP contribution in [0.15, 0.2) is 29.1 Å². The van der Waals surface area contributed by atoms with Crippen molar-refractivity contribution in [3.63, 3.8) is 0 Å². The number of rotatable bonds is 1. The van der Waals surface area contributed by atoms with Gasteiger partial charge in [0.2, 0.25) is 11.6 Å². The molecule has 1 aliphatic carbocycles. The molecule has 0 atom stereocenters. The Morgan fingerprint density at radius 3 is 2.56 bits per heavy atom. The molecule has 0 amide bonds. The molecule has 0 unspecified atom stereocenters. The van der Waals surface area contributed by atoms with Gasteiger partial charge < -0.3 is 4.90 Å². The monoisotopic (exact) mass is 236 g/mol. The highest BCUT2D eigenvalue weighted by Gasteiger charge is 2.33. The molecule has 1 aromatic rings. The number of carbonyl (C=O) groups is 2. The minimum atomic E-state index is -0.402. The quantitative estimate of drug-likeness (QED) is 0.741. The fourth-order valence-electron chi connectivity index (χ4n) is 1.61. The predicted octanol–water partition coefficient (Wildman–Crippen LogP) is 1.47. The zero-order valence-electron chi connectivity index (χ0n) is 8.82. The highest BCUT2D eigenvalue weighted by Crippen LogP contribution is 2.27. The molecule has 0 saturated carbocycles. The third-order valence-electron chi connectivity index (χ3n) is 2.34. The van der Waals surface area contributed by atoms with Crippen molar-refractivity contribution in [2.45, 2.75) is 0 Å². The van der Waals surface area contributed by atoms with E-state index in [-0.39, 0.29) is 22.2 Å². The van der Waals surface area contributed by atoms with Crippen molar-refractivity contribution in [2.75, 3.05) is 14.1 Å². The molecule has 1 aliphatic rings. The lowest BCUT2D eigenvalue weighted by atomic mass is 9.96. The Morgan fingerprint density at radius 1 is 1.25 bits per heavy atom. The van der Waals surface area contributed by atoms with E-state index in [0.717, 1.165) is 0 Å². The first-order valence-electron chi connectivity index (χ1n) is 4.65. The fourth-order valence-corrected chi connectivity index (χ4v) is 1.95. The molecule has 5 heteroatoms. The highest BCUT2D eigenvalue weighted by molar-refractivity contribution is 6.49. The molecular formula is C11H9ClN2O2. The summed E-state index contributed by atoms with van der Waals surface area (Å²) in [6, 6.07) is 3.20. The van der Waals surface area contributed by atoms with Gasteiger partial charge in [-0.1, -0.05) is 11.6 Å². The molecule has 0 radical (unpaired) electrons. The van der Waals surface area contributed by atoms with Gasteiger partial charge >= 0.3 is 0 Å². The topological polar surface area (TPSA) is 50.3 Å². The Kier molecular flexibility index (Phi) is 2.52. The van der Waals surface area contributed by atoms with Crippen LogP contribution in [0.4, 0.5) is 0 Å². The molecule has 0 saturated heterocycles. The first kappa shape index (κ1) is 10.8. The van der Waals surface area contributed by atoms with E-state index in [4.69, 9.17) is 11.6 Å². The lowest BCUT2D eigenvalue weighted by molar-refractivity contribution is 0.0955. The van der Waals surface area contributed by atoms with Gasteiger partial charge in [-0.25, -0.2) is 0 Å². The summed E-state index contributed by atoms with van der Waals surface area (Å²) in [5.74, 6) is -0.668. The Balaban J connectivity index is 2.68. The van der Waals surface area contributed by atoms with E-state index >= 15 is 0 Å². The summed E-state index contributed by atoms with van der Waals surface area (Å²) in [4.78, 5) is 29.3. The minimum absolute atomic E-state index is 0.0683. The van der Waals surface area contributed by atoms with Crippen molar-refractivity contribution >= 4 is 23.2 Å². The largest absolute Gasteiger partial charge is 0.373 e. The standard InChI is InChI=1S/C11H9ClN2O2/c1-14(2)9-7(12)11(16)8-6(10(9)15)4-3-5-13-8/h3-5H,1-2H3. The summed E-state index contributed by atoms with van der Waals surface area (Å²) in [5, 5.41) is -0.0683. The van der Waals surface area contributed by atoms with Gasteiger partial charge in [0.25, 0.3) is 0 Å². The van der Waals surface area contributed by atoms with Crippen molar-refractivity contribution in [3.8, 4) is 0 Å². The maximum Gasteiger partial charge on any atom is 0.225 e. The average molecular weight is 237 g/mol. The second-order valence-electron chi connectivity index (χ2n) is 3.61. The third-order valence-corrected chi connectivity index (χ3v) is 2.69. The van der Waals surface area contributed by atoms with Crippen LogP contribution in [-0.4, -0.2) is 35.5 Å². The second kappa shape index (κ2) is 3.72.